The topological polar surface area (TPSA) is 70.2 Å². The Morgan fingerprint density at radius 2 is 1.96 bits per heavy atom. The van der Waals surface area contributed by atoms with E-state index in [1.807, 2.05) is 24.3 Å². The lowest BCUT2D eigenvalue weighted by atomic mass is 9.76. The number of pyridine rings is 1. The summed E-state index contributed by atoms with van der Waals surface area (Å²) in [5.74, 6) is 0.404. The number of H-pyrrole nitrogens is 1. The van der Waals surface area contributed by atoms with Crippen LogP contribution in [0.1, 0.15) is 79.2 Å². The second kappa shape index (κ2) is 8.12. The van der Waals surface area contributed by atoms with Gasteiger partial charge in [0.15, 0.2) is 0 Å². The van der Waals surface area contributed by atoms with E-state index in [1.54, 1.807) is 0 Å². The smallest absolute Gasteiger partial charge is 0.303 e. The highest BCUT2D eigenvalue weighted by Crippen LogP contribution is 2.41. The minimum Gasteiger partial charge on any atom is -0.481 e. The van der Waals surface area contributed by atoms with Crippen LogP contribution in [0.25, 0.3) is 0 Å². The Kier molecular flexibility index (Phi) is 5.58. The van der Waals surface area contributed by atoms with Crippen LogP contribution in [0.15, 0.2) is 35.1 Å². The summed E-state index contributed by atoms with van der Waals surface area (Å²) in [4.78, 5) is 26.5. The van der Waals surface area contributed by atoms with Gasteiger partial charge in [0.05, 0.1) is 0 Å². The molecule has 0 bridgehead atoms. The van der Waals surface area contributed by atoms with E-state index in [2.05, 4.69) is 11.1 Å². The van der Waals surface area contributed by atoms with Gasteiger partial charge in [-0.1, -0.05) is 49.1 Å². The van der Waals surface area contributed by atoms with Gasteiger partial charge in [-0.2, -0.15) is 0 Å². The molecule has 2 aromatic rings. The molecule has 1 heterocycles. The standard InChI is InChI=1S/C23H26ClNO3/c24-20-13-17(7-6-16(20)8-11-22(26)27)19(12-14-2-1-3-14)21-10-9-18(15-4-5-15)23(28)25-21/h6-7,9-10,13-15,19H,1-5,8,11-12H2,(H,25,28)(H,26,27). The number of aromatic amines is 1. The maximum atomic E-state index is 12.6. The summed E-state index contributed by atoms with van der Waals surface area (Å²) in [6.07, 6.45) is 7.49. The van der Waals surface area contributed by atoms with Crippen molar-refractivity contribution in [2.24, 2.45) is 5.92 Å². The number of carboxylic acids is 1. The molecule has 148 valence electrons. The lowest BCUT2D eigenvalue weighted by Gasteiger charge is -2.30. The number of aromatic nitrogens is 1. The molecular weight excluding hydrogens is 374 g/mol. The van der Waals surface area contributed by atoms with Crippen LogP contribution in [0.4, 0.5) is 0 Å². The van der Waals surface area contributed by atoms with Gasteiger partial charge in [0, 0.05) is 28.6 Å². The molecule has 2 aliphatic rings. The zero-order valence-electron chi connectivity index (χ0n) is 15.9. The Bertz CT molecular complexity index is 928. The quantitative estimate of drug-likeness (QED) is 0.637. The normalized spacial score (nSPS) is 17.9. The van der Waals surface area contributed by atoms with Crippen molar-refractivity contribution < 1.29 is 9.90 Å². The third-order valence-electron chi connectivity index (χ3n) is 6.24. The number of rotatable bonds is 8. The number of hydrogen-bond donors (Lipinski definition) is 2. The van der Waals surface area contributed by atoms with Crippen molar-refractivity contribution in [2.75, 3.05) is 0 Å². The highest BCUT2D eigenvalue weighted by atomic mass is 35.5. The number of nitrogens with one attached hydrogen (secondary N) is 1. The molecule has 5 heteroatoms. The second-order valence-electron chi connectivity index (χ2n) is 8.30. The molecule has 0 radical (unpaired) electrons. The van der Waals surface area contributed by atoms with Gasteiger partial charge in [0.25, 0.3) is 5.56 Å². The first kappa shape index (κ1) is 19.3. The summed E-state index contributed by atoms with van der Waals surface area (Å²) in [6.45, 7) is 0. The molecule has 1 aromatic carbocycles. The number of aliphatic carboxylic acids is 1. The van der Waals surface area contributed by atoms with Crippen molar-refractivity contribution in [1.29, 1.82) is 0 Å². The summed E-state index contributed by atoms with van der Waals surface area (Å²) in [6, 6.07) is 10.0. The average Bonchev–Trinajstić information content (AvgIpc) is 3.44. The van der Waals surface area contributed by atoms with Crippen molar-refractivity contribution in [1.82, 2.24) is 4.98 Å². The number of aryl methyl sites for hydroxylation is 1. The number of hydrogen-bond acceptors (Lipinski definition) is 2. The Morgan fingerprint density at radius 1 is 1.18 bits per heavy atom. The third kappa shape index (κ3) is 4.33. The van der Waals surface area contributed by atoms with E-state index in [0.29, 0.717) is 23.3 Å². The zero-order valence-corrected chi connectivity index (χ0v) is 16.7. The van der Waals surface area contributed by atoms with Crippen molar-refractivity contribution in [3.8, 4) is 0 Å². The van der Waals surface area contributed by atoms with Gasteiger partial charge in [-0.25, -0.2) is 0 Å². The highest BCUT2D eigenvalue weighted by molar-refractivity contribution is 6.31. The van der Waals surface area contributed by atoms with E-state index >= 15 is 0 Å². The van der Waals surface area contributed by atoms with Crippen LogP contribution in [0.3, 0.4) is 0 Å². The van der Waals surface area contributed by atoms with Crippen LogP contribution in [0, 0.1) is 5.92 Å². The fourth-order valence-electron chi connectivity index (χ4n) is 4.15. The summed E-state index contributed by atoms with van der Waals surface area (Å²) < 4.78 is 0. The molecule has 2 saturated carbocycles. The van der Waals surface area contributed by atoms with Gasteiger partial charge in [-0.3, -0.25) is 9.59 Å². The first-order valence-electron chi connectivity index (χ1n) is 10.2. The lowest BCUT2D eigenvalue weighted by molar-refractivity contribution is -0.136. The Balaban J connectivity index is 1.62. The highest BCUT2D eigenvalue weighted by Gasteiger charge is 2.28. The fraction of sp³-hybridized carbons (Fsp3) is 0.478. The van der Waals surface area contributed by atoms with E-state index in [9.17, 15) is 9.59 Å². The number of benzene rings is 1. The molecule has 1 unspecified atom stereocenters. The molecule has 4 rings (SSSR count). The van der Waals surface area contributed by atoms with Gasteiger partial charge in [-0.15, -0.1) is 0 Å². The van der Waals surface area contributed by atoms with E-state index < -0.39 is 5.97 Å². The number of halogens is 1. The molecule has 28 heavy (non-hydrogen) atoms. The predicted molar refractivity (Wildman–Crippen MR) is 110 cm³/mol. The number of carboxylic acid groups (broad SMARTS) is 1. The molecule has 2 N–H and O–H groups in total. The monoisotopic (exact) mass is 399 g/mol. The second-order valence-corrected chi connectivity index (χ2v) is 8.71. The summed E-state index contributed by atoms with van der Waals surface area (Å²) in [7, 11) is 0. The van der Waals surface area contributed by atoms with Gasteiger partial charge < -0.3 is 10.1 Å². The zero-order chi connectivity index (χ0) is 19.7. The molecule has 4 nitrogen and oxygen atoms in total. The number of carbonyl (C=O) groups is 1. The molecule has 0 amide bonds. The van der Waals surface area contributed by atoms with Crippen LogP contribution in [0.2, 0.25) is 5.02 Å². The van der Waals surface area contributed by atoms with Crippen LogP contribution >= 0.6 is 11.6 Å². The molecule has 1 atom stereocenters. The minimum absolute atomic E-state index is 0.0442. The van der Waals surface area contributed by atoms with Crippen LogP contribution in [0.5, 0.6) is 0 Å². The maximum absolute atomic E-state index is 12.6. The van der Waals surface area contributed by atoms with E-state index in [4.69, 9.17) is 16.7 Å². The average molecular weight is 400 g/mol. The Morgan fingerprint density at radius 3 is 2.54 bits per heavy atom. The third-order valence-corrected chi connectivity index (χ3v) is 6.59. The van der Waals surface area contributed by atoms with Crippen molar-refractivity contribution in [2.45, 2.75) is 63.2 Å². The van der Waals surface area contributed by atoms with Gasteiger partial charge in [0.2, 0.25) is 0 Å². The van der Waals surface area contributed by atoms with Crippen molar-refractivity contribution >= 4 is 17.6 Å². The Hall–Kier alpha value is -2.07. The van der Waals surface area contributed by atoms with Crippen LogP contribution < -0.4 is 5.56 Å². The first-order chi connectivity index (χ1) is 13.5. The summed E-state index contributed by atoms with van der Waals surface area (Å²) in [5, 5.41) is 9.51. The van der Waals surface area contributed by atoms with E-state index in [-0.39, 0.29) is 17.9 Å². The van der Waals surface area contributed by atoms with Gasteiger partial charge >= 0.3 is 5.97 Å². The van der Waals surface area contributed by atoms with Crippen LogP contribution in [-0.2, 0) is 11.2 Å². The lowest BCUT2D eigenvalue weighted by Crippen LogP contribution is -2.20. The molecule has 2 fully saturated rings. The van der Waals surface area contributed by atoms with Gasteiger partial charge in [-0.05, 0) is 60.8 Å². The molecule has 0 saturated heterocycles. The predicted octanol–water partition coefficient (Wildman–Crippen LogP) is 5.25. The summed E-state index contributed by atoms with van der Waals surface area (Å²) in [5.41, 5.74) is 3.85. The van der Waals surface area contributed by atoms with E-state index in [1.165, 1.54) is 19.3 Å². The largest absolute Gasteiger partial charge is 0.481 e. The minimum atomic E-state index is -0.823. The fourth-order valence-corrected chi connectivity index (χ4v) is 4.43. The van der Waals surface area contributed by atoms with Crippen molar-refractivity contribution in [3.63, 3.8) is 0 Å². The molecule has 1 aromatic heterocycles. The summed E-state index contributed by atoms with van der Waals surface area (Å²) >= 11 is 6.47. The molecule has 2 aliphatic carbocycles. The molecule has 0 spiro atoms. The SMILES string of the molecule is O=C(O)CCc1ccc(C(CC2CCC2)c2ccc(C3CC3)c(=O)[nH]2)cc1Cl. The molecular formula is C23H26ClNO3. The van der Waals surface area contributed by atoms with Gasteiger partial charge in [0.1, 0.15) is 0 Å². The molecule has 0 aliphatic heterocycles. The van der Waals surface area contributed by atoms with Crippen molar-refractivity contribution in [3.05, 3.63) is 68.1 Å². The Labute approximate surface area is 169 Å². The van der Waals surface area contributed by atoms with E-state index in [0.717, 1.165) is 41.6 Å². The van der Waals surface area contributed by atoms with Crippen LogP contribution in [-0.4, -0.2) is 16.1 Å². The maximum Gasteiger partial charge on any atom is 0.303 e. The first-order valence-corrected chi connectivity index (χ1v) is 10.6.